The van der Waals surface area contributed by atoms with E-state index in [1.807, 2.05) is 30.3 Å². The molecule has 3 rings (SSSR count). The molecule has 0 bridgehead atoms. The number of ether oxygens (including phenoxy) is 2. The molecule has 0 aliphatic carbocycles. The molecule has 0 unspecified atom stereocenters. The van der Waals surface area contributed by atoms with Crippen LogP contribution in [0.25, 0.3) is 0 Å². The maximum atomic E-state index is 10.7. The predicted octanol–water partition coefficient (Wildman–Crippen LogP) is 2.84. The summed E-state index contributed by atoms with van der Waals surface area (Å²) in [5.74, 6) is -0.962. The Morgan fingerprint density at radius 2 is 1.45 bits per heavy atom. The number of hydrogen-bond donors (Lipinski definition) is 0. The van der Waals surface area contributed by atoms with E-state index in [9.17, 15) is 10.1 Å². The van der Waals surface area contributed by atoms with Crippen molar-refractivity contribution < 1.29 is 14.4 Å². The van der Waals surface area contributed by atoms with Gasteiger partial charge in [0.05, 0.1) is 18.1 Å². The zero-order valence-electron chi connectivity index (χ0n) is 10.7. The molecule has 1 fully saturated rings. The fourth-order valence-electron chi connectivity index (χ4n) is 2.37. The molecule has 0 spiro atoms. The van der Waals surface area contributed by atoms with Crippen molar-refractivity contribution in [2.24, 2.45) is 0 Å². The second-order valence-electron chi connectivity index (χ2n) is 4.48. The van der Waals surface area contributed by atoms with Gasteiger partial charge in [-0.1, -0.05) is 30.3 Å². The van der Waals surface area contributed by atoms with Crippen LogP contribution in [0.5, 0.6) is 0 Å². The molecule has 5 heteroatoms. The van der Waals surface area contributed by atoms with Crippen LogP contribution in [0, 0.1) is 10.1 Å². The fourth-order valence-corrected chi connectivity index (χ4v) is 2.37. The molecule has 0 saturated carbocycles. The number of nitro benzene ring substituents is 1. The first-order valence-electron chi connectivity index (χ1n) is 6.31. The third-order valence-corrected chi connectivity index (χ3v) is 3.31. The highest BCUT2D eigenvalue weighted by molar-refractivity contribution is 5.40. The van der Waals surface area contributed by atoms with Crippen LogP contribution in [-0.4, -0.2) is 18.1 Å². The molecule has 0 radical (unpaired) electrons. The van der Waals surface area contributed by atoms with Crippen molar-refractivity contribution in [1.82, 2.24) is 0 Å². The smallest absolute Gasteiger partial charge is 0.269 e. The summed E-state index contributed by atoms with van der Waals surface area (Å²) in [6, 6.07) is 15.9. The third-order valence-electron chi connectivity index (χ3n) is 3.31. The molecule has 2 aromatic carbocycles. The van der Waals surface area contributed by atoms with Crippen LogP contribution in [0.3, 0.4) is 0 Å². The van der Waals surface area contributed by atoms with E-state index in [4.69, 9.17) is 9.47 Å². The lowest BCUT2D eigenvalue weighted by molar-refractivity contribution is -0.384. The Morgan fingerprint density at radius 1 is 0.900 bits per heavy atom. The van der Waals surface area contributed by atoms with Crippen LogP contribution in [0.2, 0.25) is 0 Å². The van der Waals surface area contributed by atoms with E-state index in [-0.39, 0.29) is 5.69 Å². The fraction of sp³-hybridized carbons (Fsp3) is 0.200. The zero-order valence-corrected chi connectivity index (χ0v) is 10.7. The van der Waals surface area contributed by atoms with Crippen molar-refractivity contribution in [1.29, 1.82) is 0 Å². The predicted molar refractivity (Wildman–Crippen MR) is 72.2 cm³/mol. The summed E-state index contributed by atoms with van der Waals surface area (Å²) < 4.78 is 11.6. The topological polar surface area (TPSA) is 61.6 Å². The minimum Gasteiger partial charge on any atom is -0.340 e. The molecule has 2 aromatic rings. The van der Waals surface area contributed by atoms with Crippen molar-refractivity contribution in [2.75, 3.05) is 13.2 Å². The average molecular weight is 271 g/mol. The summed E-state index contributed by atoms with van der Waals surface area (Å²) >= 11 is 0. The number of nitro groups is 1. The summed E-state index contributed by atoms with van der Waals surface area (Å²) in [7, 11) is 0. The Hall–Kier alpha value is -2.24. The van der Waals surface area contributed by atoms with E-state index in [1.54, 1.807) is 12.1 Å². The van der Waals surface area contributed by atoms with E-state index in [0.717, 1.165) is 11.1 Å². The van der Waals surface area contributed by atoms with Crippen molar-refractivity contribution in [3.05, 3.63) is 75.8 Å². The highest BCUT2D eigenvalue weighted by atomic mass is 16.7. The van der Waals surface area contributed by atoms with Gasteiger partial charge in [-0.25, -0.2) is 0 Å². The number of non-ortho nitro benzene ring substituents is 1. The van der Waals surface area contributed by atoms with Crippen LogP contribution in [0.4, 0.5) is 5.69 Å². The largest absolute Gasteiger partial charge is 0.340 e. The highest BCUT2D eigenvalue weighted by Crippen LogP contribution is 2.38. The second kappa shape index (κ2) is 5.03. The SMILES string of the molecule is O=[N+]([O-])c1ccc(C2(c3ccccc3)OCCO2)cc1. The van der Waals surface area contributed by atoms with Crippen LogP contribution >= 0.6 is 0 Å². The van der Waals surface area contributed by atoms with Crippen molar-refractivity contribution in [3.63, 3.8) is 0 Å². The summed E-state index contributed by atoms with van der Waals surface area (Å²) in [6.07, 6.45) is 0. The van der Waals surface area contributed by atoms with Crippen molar-refractivity contribution in [3.8, 4) is 0 Å². The first kappa shape index (κ1) is 12.8. The quantitative estimate of drug-likeness (QED) is 0.636. The molecule has 102 valence electrons. The van der Waals surface area contributed by atoms with Gasteiger partial charge in [-0.3, -0.25) is 10.1 Å². The standard InChI is InChI=1S/C15H13NO4/c17-16(18)14-8-6-13(7-9-14)15(19-10-11-20-15)12-4-2-1-3-5-12/h1-9H,10-11H2. The lowest BCUT2D eigenvalue weighted by Gasteiger charge is -2.28. The van der Waals surface area contributed by atoms with Gasteiger partial charge in [0.2, 0.25) is 5.79 Å². The summed E-state index contributed by atoms with van der Waals surface area (Å²) in [4.78, 5) is 10.3. The minimum atomic E-state index is -0.962. The molecule has 1 aliphatic rings. The van der Waals surface area contributed by atoms with E-state index in [0.29, 0.717) is 13.2 Å². The molecule has 0 amide bonds. The Balaban J connectivity index is 2.05. The molecule has 20 heavy (non-hydrogen) atoms. The Morgan fingerprint density at radius 3 is 2.00 bits per heavy atom. The van der Waals surface area contributed by atoms with Crippen LogP contribution in [0.15, 0.2) is 54.6 Å². The second-order valence-corrected chi connectivity index (χ2v) is 4.48. The lowest BCUT2D eigenvalue weighted by Crippen LogP contribution is -2.28. The van der Waals surface area contributed by atoms with E-state index in [1.165, 1.54) is 12.1 Å². The molecule has 0 aromatic heterocycles. The van der Waals surface area contributed by atoms with E-state index >= 15 is 0 Å². The first-order valence-corrected chi connectivity index (χ1v) is 6.31. The van der Waals surface area contributed by atoms with Crippen molar-refractivity contribution in [2.45, 2.75) is 5.79 Å². The maximum Gasteiger partial charge on any atom is 0.269 e. The summed E-state index contributed by atoms with van der Waals surface area (Å²) in [5, 5.41) is 10.7. The Kier molecular flexibility index (Phi) is 3.22. The van der Waals surface area contributed by atoms with Gasteiger partial charge in [0, 0.05) is 23.3 Å². The van der Waals surface area contributed by atoms with E-state index < -0.39 is 10.7 Å². The highest BCUT2D eigenvalue weighted by Gasteiger charge is 2.40. The molecular weight excluding hydrogens is 258 g/mol. The van der Waals surface area contributed by atoms with Gasteiger partial charge in [0.15, 0.2) is 0 Å². The molecule has 1 heterocycles. The molecule has 0 N–H and O–H groups in total. The van der Waals surface area contributed by atoms with Crippen LogP contribution in [0.1, 0.15) is 11.1 Å². The van der Waals surface area contributed by atoms with Crippen LogP contribution < -0.4 is 0 Å². The van der Waals surface area contributed by atoms with Gasteiger partial charge in [-0.15, -0.1) is 0 Å². The lowest BCUT2D eigenvalue weighted by atomic mass is 9.97. The minimum absolute atomic E-state index is 0.0509. The maximum absolute atomic E-state index is 10.7. The Labute approximate surface area is 115 Å². The Bertz CT molecular complexity index is 604. The summed E-state index contributed by atoms with van der Waals surface area (Å²) in [5.41, 5.74) is 1.69. The summed E-state index contributed by atoms with van der Waals surface area (Å²) in [6.45, 7) is 0.984. The molecule has 1 saturated heterocycles. The molecule has 5 nitrogen and oxygen atoms in total. The number of hydrogen-bond acceptors (Lipinski definition) is 4. The number of benzene rings is 2. The molecule has 0 atom stereocenters. The first-order chi connectivity index (χ1) is 9.72. The average Bonchev–Trinajstić information content (AvgIpc) is 2.99. The van der Waals surface area contributed by atoms with Crippen molar-refractivity contribution >= 4 is 5.69 Å². The normalized spacial score (nSPS) is 17.0. The number of rotatable bonds is 3. The monoisotopic (exact) mass is 271 g/mol. The third kappa shape index (κ3) is 2.07. The molecule has 1 aliphatic heterocycles. The molecular formula is C15H13NO4. The van der Waals surface area contributed by atoms with Gasteiger partial charge >= 0.3 is 0 Å². The van der Waals surface area contributed by atoms with Gasteiger partial charge in [0.25, 0.3) is 5.69 Å². The zero-order chi connectivity index (χ0) is 14.0. The van der Waals surface area contributed by atoms with Crippen LogP contribution in [-0.2, 0) is 15.3 Å². The van der Waals surface area contributed by atoms with Gasteiger partial charge < -0.3 is 9.47 Å². The van der Waals surface area contributed by atoms with E-state index in [2.05, 4.69) is 0 Å². The number of nitrogens with zero attached hydrogens (tertiary/aromatic N) is 1. The van der Waals surface area contributed by atoms with Gasteiger partial charge in [-0.05, 0) is 12.1 Å². The van der Waals surface area contributed by atoms with Gasteiger partial charge in [0.1, 0.15) is 0 Å². The van der Waals surface area contributed by atoms with Gasteiger partial charge in [-0.2, -0.15) is 0 Å².